The van der Waals surface area contributed by atoms with Gasteiger partial charge < -0.3 is 10.3 Å². The molecule has 1 aromatic heterocycles. The van der Waals surface area contributed by atoms with Crippen molar-refractivity contribution >= 4 is 9.84 Å². The molecule has 0 aliphatic rings. The third kappa shape index (κ3) is 4.28. The summed E-state index contributed by atoms with van der Waals surface area (Å²) in [6, 6.07) is -0.0634. The molecule has 0 fully saturated rings. The number of hydrogen-bond donors (Lipinski definition) is 1. The summed E-state index contributed by atoms with van der Waals surface area (Å²) in [7, 11) is -3.12. The zero-order valence-electron chi connectivity index (χ0n) is 9.67. The van der Waals surface area contributed by atoms with E-state index in [1.54, 1.807) is 0 Å². The Morgan fingerprint density at radius 3 is 2.56 bits per heavy atom. The molecule has 1 unspecified atom stereocenters. The fraction of sp³-hybridized carbons (Fsp3) is 0.778. The number of sulfone groups is 1. The average Bonchev–Trinajstić information content (AvgIpc) is 2.49. The summed E-state index contributed by atoms with van der Waals surface area (Å²) in [4.78, 5) is 3.98. The van der Waals surface area contributed by atoms with Gasteiger partial charge in [-0.25, -0.2) is 8.42 Å². The molecule has 0 saturated heterocycles. The van der Waals surface area contributed by atoms with Gasteiger partial charge in [0.15, 0.2) is 15.7 Å². The van der Waals surface area contributed by atoms with Gasteiger partial charge in [-0.2, -0.15) is 4.98 Å². The first-order chi connectivity index (χ1) is 7.28. The van der Waals surface area contributed by atoms with Gasteiger partial charge in [0.05, 0.1) is 0 Å². The molecule has 0 radical (unpaired) electrons. The number of hydrogen-bond acceptors (Lipinski definition) is 6. The Morgan fingerprint density at radius 2 is 2.06 bits per heavy atom. The molecule has 6 nitrogen and oxygen atoms in total. The van der Waals surface area contributed by atoms with Gasteiger partial charge in [0.2, 0.25) is 5.89 Å². The summed E-state index contributed by atoms with van der Waals surface area (Å²) < 4.78 is 26.9. The van der Waals surface area contributed by atoms with E-state index in [1.807, 2.05) is 13.8 Å². The third-order valence-electron chi connectivity index (χ3n) is 2.17. The minimum absolute atomic E-state index is 0.0634. The Hall–Kier alpha value is -0.950. The van der Waals surface area contributed by atoms with Crippen molar-refractivity contribution in [2.75, 3.05) is 6.26 Å². The monoisotopic (exact) mass is 247 g/mol. The van der Waals surface area contributed by atoms with Crippen molar-refractivity contribution in [1.29, 1.82) is 0 Å². The second-order valence-electron chi connectivity index (χ2n) is 4.29. The molecule has 2 N–H and O–H groups in total. The highest BCUT2D eigenvalue weighted by Crippen LogP contribution is 2.07. The van der Waals surface area contributed by atoms with Crippen LogP contribution in [0.1, 0.15) is 25.6 Å². The lowest BCUT2D eigenvalue weighted by atomic mass is 10.0. The van der Waals surface area contributed by atoms with Gasteiger partial charge in [0.25, 0.3) is 0 Å². The highest BCUT2D eigenvalue weighted by Gasteiger charge is 2.16. The van der Waals surface area contributed by atoms with Crippen molar-refractivity contribution < 1.29 is 12.9 Å². The van der Waals surface area contributed by atoms with E-state index in [0.29, 0.717) is 18.2 Å². The number of nitrogens with zero attached hydrogens (tertiary/aromatic N) is 2. The maximum absolute atomic E-state index is 11.0. The van der Waals surface area contributed by atoms with Crippen LogP contribution < -0.4 is 5.73 Å². The van der Waals surface area contributed by atoms with E-state index in [2.05, 4.69) is 10.1 Å². The van der Waals surface area contributed by atoms with E-state index >= 15 is 0 Å². The summed E-state index contributed by atoms with van der Waals surface area (Å²) >= 11 is 0. The van der Waals surface area contributed by atoms with Crippen LogP contribution in [0.25, 0.3) is 0 Å². The van der Waals surface area contributed by atoms with Gasteiger partial charge in [0, 0.05) is 18.7 Å². The summed E-state index contributed by atoms with van der Waals surface area (Å²) in [5.41, 5.74) is 5.84. The Bertz CT molecular complexity index is 439. The molecule has 1 heterocycles. The number of nitrogens with two attached hydrogens (primary N) is 1. The fourth-order valence-electron chi connectivity index (χ4n) is 1.10. The molecule has 1 atom stereocenters. The zero-order chi connectivity index (χ0) is 12.3. The molecule has 0 aliphatic heterocycles. The molecule has 7 heteroatoms. The average molecular weight is 247 g/mol. The molecule has 1 rings (SSSR count). The van der Waals surface area contributed by atoms with Crippen LogP contribution in [-0.4, -0.2) is 30.9 Å². The van der Waals surface area contributed by atoms with E-state index in [0.717, 1.165) is 6.26 Å². The fourth-order valence-corrected chi connectivity index (χ4v) is 1.69. The maximum Gasteiger partial charge on any atom is 0.228 e. The standard InChI is InChI=1S/C9H17N3O3S/c1-6(2)7(10)4-9-11-8(12-15-9)5-16(3,13)14/h6-7H,4-5,10H2,1-3H3. The molecule has 0 aliphatic carbocycles. The normalized spacial score (nSPS) is 14.3. The van der Waals surface area contributed by atoms with Crippen LogP contribution >= 0.6 is 0 Å². The Morgan fingerprint density at radius 1 is 1.44 bits per heavy atom. The molecule has 0 amide bonds. The summed E-state index contributed by atoms with van der Waals surface area (Å²) in [5.74, 6) is 0.687. The second kappa shape index (κ2) is 4.92. The van der Waals surface area contributed by atoms with Gasteiger partial charge >= 0.3 is 0 Å². The van der Waals surface area contributed by atoms with Crippen molar-refractivity contribution in [3.63, 3.8) is 0 Å². The molecule has 0 saturated carbocycles. The summed E-state index contributed by atoms with van der Waals surface area (Å²) in [5, 5.41) is 3.59. The minimum Gasteiger partial charge on any atom is -0.339 e. The van der Waals surface area contributed by atoms with Crippen LogP contribution in [0.15, 0.2) is 4.52 Å². The van der Waals surface area contributed by atoms with Crippen LogP contribution in [0.3, 0.4) is 0 Å². The predicted molar refractivity (Wildman–Crippen MR) is 59.4 cm³/mol. The van der Waals surface area contributed by atoms with Crippen molar-refractivity contribution in [3.8, 4) is 0 Å². The first-order valence-corrected chi connectivity index (χ1v) is 7.09. The van der Waals surface area contributed by atoms with E-state index in [4.69, 9.17) is 10.3 Å². The van der Waals surface area contributed by atoms with E-state index in [9.17, 15) is 8.42 Å². The lowest BCUT2D eigenvalue weighted by molar-refractivity contribution is 0.350. The van der Waals surface area contributed by atoms with Crippen molar-refractivity contribution in [2.24, 2.45) is 11.7 Å². The molecule has 0 bridgehead atoms. The maximum atomic E-state index is 11.0. The quantitative estimate of drug-likeness (QED) is 0.794. The first-order valence-electron chi connectivity index (χ1n) is 5.02. The lowest BCUT2D eigenvalue weighted by Crippen LogP contribution is -2.28. The van der Waals surface area contributed by atoms with E-state index < -0.39 is 9.84 Å². The van der Waals surface area contributed by atoms with Crippen LogP contribution in [0.4, 0.5) is 0 Å². The van der Waals surface area contributed by atoms with Gasteiger partial charge in [-0.05, 0) is 5.92 Å². The van der Waals surface area contributed by atoms with Crippen LogP contribution in [0.5, 0.6) is 0 Å². The molecule has 16 heavy (non-hydrogen) atoms. The second-order valence-corrected chi connectivity index (χ2v) is 6.43. The SMILES string of the molecule is CC(C)C(N)Cc1nc(CS(C)(=O)=O)no1. The van der Waals surface area contributed by atoms with Crippen molar-refractivity contribution in [1.82, 2.24) is 10.1 Å². The molecular weight excluding hydrogens is 230 g/mol. The Kier molecular flexibility index (Phi) is 4.03. The molecule has 0 spiro atoms. The lowest BCUT2D eigenvalue weighted by Gasteiger charge is -2.11. The zero-order valence-corrected chi connectivity index (χ0v) is 10.5. The smallest absolute Gasteiger partial charge is 0.228 e. The summed E-state index contributed by atoms with van der Waals surface area (Å²) in [6.45, 7) is 4.00. The first kappa shape index (κ1) is 13.1. The van der Waals surface area contributed by atoms with Crippen molar-refractivity contribution in [3.05, 3.63) is 11.7 Å². The Balaban J connectivity index is 2.65. The van der Waals surface area contributed by atoms with Gasteiger partial charge in [-0.3, -0.25) is 0 Å². The van der Waals surface area contributed by atoms with Crippen LogP contribution in [0, 0.1) is 5.92 Å². The molecule has 92 valence electrons. The highest BCUT2D eigenvalue weighted by atomic mass is 32.2. The van der Waals surface area contributed by atoms with Gasteiger partial charge in [0.1, 0.15) is 5.75 Å². The highest BCUT2D eigenvalue weighted by molar-refractivity contribution is 7.89. The third-order valence-corrected chi connectivity index (χ3v) is 2.95. The topological polar surface area (TPSA) is 99.1 Å². The Labute approximate surface area is 95.1 Å². The summed E-state index contributed by atoms with van der Waals surface area (Å²) in [6.07, 6.45) is 1.59. The number of aromatic nitrogens is 2. The van der Waals surface area contributed by atoms with Crippen LogP contribution in [0.2, 0.25) is 0 Å². The van der Waals surface area contributed by atoms with Crippen molar-refractivity contribution in [2.45, 2.75) is 32.1 Å². The molecule has 0 aromatic carbocycles. The van der Waals surface area contributed by atoms with Gasteiger partial charge in [-0.1, -0.05) is 19.0 Å². The van der Waals surface area contributed by atoms with Crippen LogP contribution in [-0.2, 0) is 22.0 Å². The minimum atomic E-state index is -3.12. The molecule has 1 aromatic rings. The molecular formula is C9H17N3O3S. The predicted octanol–water partition coefficient (Wildman–Crippen LogP) is 0.140. The largest absolute Gasteiger partial charge is 0.339 e. The van der Waals surface area contributed by atoms with E-state index in [1.165, 1.54) is 0 Å². The number of rotatable bonds is 5. The van der Waals surface area contributed by atoms with E-state index in [-0.39, 0.29) is 17.6 Å². The van der Waals surface area contributed by atoms with Gasteiger partial charge in [-0.15, -0.1) is 0 Å².